The van der Waals surface area contributed by atoms with Crippen LogP contribution >= 0.6 is 45.5 Å². The number of carbonyl (C=O) groups excluding carboxylic acids is 2. The number of nitrogens with two attached hydrogens (primary N) is 1. The molecule has 0 bridgehead atoms. The highest BCUT2D eigenvalue weighted by molar-refractivity contribution is 14.1. The first-order valence-corrected chi connectivity index (χ1v) is 14.0. The first kappa shape index (κ1) is 28.3. The van der Waals surface area contributed by atoms with Crippen molar-refractivity contribution in [2.24, 2.45) is 10.8 Å². The van der Waals surface area contributed by atoms with Gasteiger partial charge < -0.3 is 20.5 Å². The molecule has 0 aliphatic heterocycles. The van der Waals surface area contributed by atoms with Gasteiger partial charge in [-0.25, -0.2) is 10.4 Å². The Morgan fingerprint density at radius 2 is 1.87 bits per heavy atom. The van der Waals surface area contributed by atoms with Gasteiger partial charge >= 0.3 is 0 Å². The predicted octanol–water partition coefficient (Wildman–Crippen LogP) is 5.84. The van der Waals surface area contributed by atoms with Crippen LogP contribution in [-0.2, 0) is 4.79 Å². The van der Waals surface area contributed by atoms with Gasteiger partial charge in [0.05, 0.1) is 22.1 Å². The lowest BCUT2D eigenvalue weighted by Crippen LogP contribution is -2.20. The maximum absolute atomic E-state index is 12.6. The molecule has 4 N–H and O–H groups in total. The molecule has 0 spiro atoms. The molecule has 9 nitrogen and oxygen atoms in total. The molecular weight excluding hydrogens is 653 g/mol. The molecule has 39 heavy (non-hydrogen) atoms. The quantitative estimate of drug-likeness (QED) is 0.104. The fourth-order valence-corrected chi connectivity index (χ4v) is 5.00. The number of amides is 2. The van der Waals surface area contributed by atoms with Gasteiger partial charge in [0.25, 0.3) is 11.8 Å². The summed E-state index contributed by atoms with van der Waals surface area (Å²) < 4.78 is 11.8. The fourth-order valence-electron chi connectivity index (χ4n) is 3.35. The van der Waals surface area contributed by atoms with Gasteiger partial charge in [0.2, 0.25) is 0 Å². The SMILES string of the molecule is CCOc1cc(/C=N\NC(=O)c2ccc(-c3csc(Nc4ccc(Cl)cc4)n3)cc2)cc(I)c1OCC(N)=O. The summed E-state index contributed by atoms with van der Waals surface area (Å²) in [6.07, 6.45) is 1.50. The number of benzene rings is 3. The van der Waals surface area contributed by atoms with E-state index < -0.39 is 5.91 Å². The normalized spacial score (nSPS) is 10.8. The molecule has 0 radical (unpaired) electrons. The molecule has 0 aliphatic carbocycles. The Hall–Kier alpha value is -3.68. The molecule has 0 fully saturated rings. The van der Waals surface area contributed by atoms with E-state index in [1.165, 1.54) is 17.6 Å². The van der Waals surface area contributed by atoms with Crippen molar-refractivity contribution in [1.29, 1.82) is 0 Å². The molecule has 4 aromatic rings. The number of carbonyl (C=O) groups is 2. The van der Waals surface area contributed by atoms with Crippen molar-refractivity contribution in [2.45, 2.75) is 6.92 Å². The summed E-state index contributed by atoms with van der Waals surface area (Å²) >= 11 is 9.49. The Morgan fingerprint density at radius 3 is 2.56 bits per heavy atom. The van der Waals surface area contributed by atoms with Gasteiger partial charge in [-0.05, 0) is 83.6 Å². The number of ether oxygens (including phenoxy) is 2. The number of nitrogens with zero attached hydrogens (tertiary/aromatic N) is 2. The molecule has 200 valence electrons. The number of hydrogen-bond donors (Lipinski definition) is 3. The van der Waals surface area contributed by atoms with Crippen molar-refractivity contribution in [3.63, 3.8) is 0 Å². The van der Waals surface area contributed by atoms with Crippen LogP contribution in [0.3, 0.4) is 0 Å². The number of nitrogens with one attached hydrogen (secondary N) is 2. The zero-order chi connectivity index (χ0) is 27.8. The summed E-state index contributed by atoms with van der Waals surface area (Å²) in [5.41, 5.74) is 11.4. The minimum absolute atomic E-state index is 0.262. The Morgan fingerprint density at radius 1 is 1.13 bits per heavy atom. The van der Waals surface area contributed by atoms with Crippen molar-refractivity contribution in [3.8, 4) is 22.8 Å². The van der Waals surface area contributed by atoms with Crippen LogP contribution in [0.15, 0.2) is 71.1 Å². The van der Waals surface area contributed by atoms with Crippen LogP contribution in [0.5, 0.6) is 11.5 Å². The summed E-state index contributed by atoms with van der Waals surface area (Å²) in [5.74, 6) is -0.0764. The number of primary amides is 1. The molecule has 0 aliphatic rings. The van der Waals surface area contributed by atoms with E-state index >= 15 is 0 Å². The average molecular weight is 676 g/mol. The molecule has 0 atom stereocenters. The lowest BCUT2D eigenvalue weighted by atomic mass is 10.1. The third-order valence-corrected chi connectivity index (χ3v) is 6.92. The van der Waals surface area contributed by atoms with Gasteiger partial charge in [-0.15, -0.1) is 11.3 Å². The smallest absolute Gasteiger partial charge is 0.271 e. The topological polar surface area (TPSA) is 128 Å². The number of anilines is 2. The summed E-state index contributed by atoms with van der Waals surface area (Å²) in [7, 11) is 0. The van der Waals surface area contributed by atoms with E-state index in [2.05, 4.69) is 43.4 Å². The minimum atomic E-state index is -0.586. The first-order chi connectivity index (χ1) is 18.8. The number of halogens is 2. The maximum Gasteiger partial charge on any atom is 0.271 e. The van der Waals surface area contributed by atoms with Gasteiger partial charge in [0, 0.05) is 27.2 Å². The summed E-state index contributed by atoms with van der Waals surface area (Å²) in [5, 5.41) is 10.7. The second-order valence-corrected chi connectivity index (χ2v) is 10.4. The van der Waals surface area contributed by atoms with E-state index in [9.17, 15) is 9.59 Å². The second-order valence-electron chi connectivity index (χ2n) is 7.96. The molecule has 0 saturated carbocycles. The van der Waals surface area contributed by atoms with Crippen LogP contribution in [0.25, 0.3) is 11.3 Å². The summed E-state index contributed by atoms with van der Waals surface area (Å²) in [4.78, 5) is 28.3. The number of hydrogen-bond acceptors (Lipinski definition) is 8. The van der Waals surface area contributed by atoms with Crippen molar-refractivity contribution in [1.82, 2.24) is 10.4 Å². The lowest BCUT2D eigenvalue weighted by Gasteiger charge is -2.13. The third-order valence-electron chi connectivity index (χ3n) is 5.11. The molecule has 3 aromatic carbocycles. The zero-order valence-corrected chi connectivity index (χ0v) is 24.3. The van der Waals surface area contributed by atoms with E-state index in [1.54, 1.807) is 24.3 Å². The van der Waals surface area contributed by atoms with Crippen molar-refractivity contribution in [2.75, 3.05) is 18.5 Å². The van der Waals surface area contributed by atoms with Gasteiger partial charge in [-0.3, -0.25) is 9.59 Å². The average Bonchev–Trinajstić information content (AvgIpc) is 3.38. The van der Waals surface area contributed by atoms with Gasteiger partial charge in [-0.1, -0.05) is 23.7 Å². The molecular formula is C27H23ClIN5O4S. The first-order valence-electron chi connectivity index (χ1n) is 11.6. The second kappa shape index (κ2) is 13.4. The summed E-state index contributed by atoms with van der Waals surface area (Å²) in [6, 6.07) is 18.0. The van der Waals surface area contributed by atoms with Crippen LogP contribution < -0.4 is 25.9 Å². The van der Waals surface area contributed by atoms with E-state index in [1.807, 2.05) is 48.7 Å². The maximum atomic E-state index is 12.6. The lowest BCUT2D eigenvalue weighted by molar-refractivity contribution is -0.120. The molecule has 1 heterocycles. The Kier molecular flexibility index (Phi) is 9.74. The predicted molar refractivity (Wildman–Crippen MR) is 162 cm³/mol. The van der Waals surface area contributed by atoms with Crippen molar-refractivity contribution in [3.05, 3.63) is 85.8 Å². The van der Waals surface area contributed by atoms with E-state index in [0.717, 1.165) is 22.1 Å². The number of aromatic nitrogens is 1. The largest absolute Gasteiger partial charge is 0.490 e. The number of hydrazone groups is 1. The highest BCUT2D eigenvalue weighted by Gasteiger charge is 2.13. The third kappa shape index (κ3) is 7.91. The number of thiazole rings is 1. The highest BCUT2D eigenvalue weighted by Crippen LogP contribution is 2.34. The van der Waals surface area contributed by atoms with Crippen molar-refractivity contribution >= 4 is 74.4 Å². The van der Waals surface area contributed by atoms with Crippen LogP contribution in [-0.4, -0.2) is 36.2 Å². The molecule has 0 unspecified atom stereocenters. The molecule has 12 heteroatoms. The monoisotopic (exact) mass is 675 g/mol. The number of rotatable bonds is 11. The molecule has 4 rings (SSSR count). The minimum Gasteiger partial charge on any atom is -0.490 e. The van der Waals surface area contributed by atoms with E-state index in [4.69, 9.17) is 26.8 Å². The fraction of sp³-hybridized carbons (Fsp3) is 0.111. The Bertz CT molecular complexity index is 1490. The highest BCUT2D eigenvalue weighted by atomic mass is 127. The Balaban J connectivity index is 1.38. The van der Waals surface area contributed by atoms with Crippen molar-refractivity contribution < 1.29 is 19.1 Å². The van der Waals surface area contributed by atoms with E-state index in [0.29, 0.717) is 37.8 Å². The molecule has 0 saturated heterocycles. The standard InChI is InChI=1S/C27H23ClIN5O4S/c1-2-37-23-12-16(11-21(29)25(23)38-14-24(30)35)13-31-34-26(36)18-5-3-17(4-6-18)22-15-39-27(33-22)32-20-9-7-19(28)8-10-20/h3-13,15H,2,14H2,1H3,(H2,30,35)(H,32,33)(H,34,36)/b31-13-. The van der Waals surface area contributed by atoms with Crippen LogP contribution in [0, 0.1) is 3.57 Å². The zero-order valence-electron chi connectivity index (χ0n) is 20.6. The Labute approximate surface area is 247 Å². The van der Waals surface area contributed by atoms with Gasteiger partial charge in [0.1, 0.15) is 0 Å². The van der Waals surface area contributed by atoms with Gasteiger partial charge in [0.15, 0.2) is 23.2 Å². The van der Waals surface area contributed by atoms with E-state index in [-0.39, 0.29) is 12.5 Å². The molecule has 1 aromatic heterocycles. The van der Waals surface area contributed by atoms with Gasteiger partial charge in [-0.2, -0.15) is 5.10 Å². The van der Waals surface area contributed by atoms with Crippen LogP contribution in [0.1, 0.15) is 22.8 Å². The van der Waals surface area contributed by atoms with Crippen LogP contribution in [0.4, 0.5) is 10.8 Å². The van der Waals surface area contributed by atoms with Crippen LogP contribution in [0.2, 0.25) is 5.02 Å². The summed E-state index contributed by atoms with van der Waals surface area (Å²) in [6.45, 7) is 1.97. The molecule has 2 amide bonds.